The van der Waals surface area contributed by atoms with Crippen LogP contribution in [0.25, 0.3) is 11.1 Å². The average Bonchev–Trinajstić information content (AvgIpc) is 2.93. The smallest absolute Gasteiger partial charge is 0.455 e. The second-order valence-corrected chi connectivity index (χ2v) is 20.1. The van der Waals surface area contributed by atoms with Gasteiger partial charge in [0.05, 0.1) is 7.11 Å². The van der Waals surface area contributed by atoms with Crippen LogP contribution in [0.15, 0.2) is 72.8 Å². The van der Waals surface area contributed by atoms with E-state index < -0.39 is 28.9 Å². The van der Waals surface area contributed by atoms with Crippen LogP contribution in [0.5, 0.6) is 17.2 Å². The highest BCUT2D eigenvalue weighted by atomic mass is 28.4. The van der Waals surface area contributed by atoms with E-state index in [4.69, 9.17) is 18.3 Å². The molecular weight excluding hydrogens is 553 g/mol. The summed E-state index contributed by atoms with van der Waals surface area (Å²) in [5.41, 5.74) is 2.80. The van der Waals surface area contributed by atoms with Crippen LogP contribution in [-0.4, -0.2) is 36.1 Å². The van der Waals surface area contributed by atoms with Gasteiger partial charge in [-0.1, -0.05) is 62.2 Å². The molecule has 3 rings (SSSR count). The first-order valence-corrected chi connectivity index (χ1v) is 20.4. The molecule has 0 saturated heterocycles. The molecule has 0 N–H and O–H groups in total. The van der Waals surface area contributed by atoms with Crippen LogP contribution in [-0.2, 0) is 15.3 Å². The summed E-state index contributed by atoms with van der Waals surface area (Å²) in [6, 6.07) is 24.0. The summed E-state index contributed by atoms with van der Waals surface area (Å²) in [7, 11) is -2.16. The highest BCUT2D eigenvalue weighted by molar-refractivity contribution is 6.84. The Morgan fingerprint density at radius 2 is 1.17 bits per heavy atom. The van der Waals surface area contributed by atoms with Crippen molar-refractivity contribution in [3.63, 3.8) is 0 Å². The number of benzene rings is 3. The molecule has 0 aromatic heterocycles. The highest BCUT2D eigenvalue weighted by Crippen LogP contribution is 2.28. The van der Waals surface area contributed by atoms with Gasteiger partial charge >= 0.3 is 12.3 Å². The quantitative estimate of drug-likeness (QED) is 0.111. The Hall–Kier alpha value is -3.41. The van der Waals surface area contributed by atoms with Gasteiger partial charge in [-0.15, -0.1) is 0 Å². The normalized spacial score (nSPS) is 11.6. The zero-order chi connectivity index (χ0) is 29.9. The zero-order valence-corrected chi connectivity index (χ0v) is 27.0. The van der Waals surface area contributed by atoms with Gasteiger partial charge < -0.3 is 23.1 Å². The van der Waals surface area contributed by atoms with Crippen molar-refractivity contribution in [3.8, 4) is 28.4 Å². The summed E-state index contributed by atoms with van der Waals surface area (Å²) in [5, 5.41) is 0. The van der Waals surface area contributed by atoms with Gasteiger partial charge in [0.2, 0.25) is 0 Å². The van der Waals surface area contributed by atoms with Crippen molar-refractivity contribution in [2.45, 2.75) is 70.9 Å². The van der Waals surface area contributed by atoms with Gasteiger partial charge in [-0.25, -0.2) is 9.59 Å². The molecule has 0 aliphatic carbocycles. The fraction of sp³-hybridized carbons (Fsp3) is 0.375. The third-order valence-electron chi connectivity index (χ3n) is 6.69. The molecule has 0 spiro atoms. The molecule has 220 valence electrons. The van der Waals surface area contributed by atoms with Crippen molar-refractivity contribution in [2.75, 3.05) is 7.11 Å². The maximum atomic E-state index is 12.6. The Kier molecular flexibility index (Phi) is 11.7. The number of hydrogen-bond acceptors (Lipinski definition) is 7. The molecule has 41 heavy (non-hydrogen) atoms. The zero-order valence-electron chi connectivity index (χ0n) is 25.0. The number of para-hydroxylation sites is 1. The SMILES string of the molecule is CCCC[Si](C)(C)O[Si](C)(C)CCCc1ccccc1OC(=O)Oc1ccc(-c2ccc(OC(=O)OC)cc2)cc1. The number of ether oxygens (including phenoxy) is 4. The van der Waals surface area contributed by atoms with Gasteiger partial charge in [0.1, 0.15) is 17.2 Å². The van der Waals surface area contributed by atoms with E-state index in [1.165, 1.54) is 26.0 Å². The molecule has 3 aromatic carbocycles. The van der Waals surface area contributed by atoms with Crippen LogP contribution < -0.4 is 14.2 Å². The van der Waals surface area contributed by atoms with Gasteiger partial charge in [0.15, 0.2) is 16.6 Å². The molecule has 0 unspecified atom stereocenters. The molecular formula is C32H42O7Si2. The summed E-state index contributed by atoms with van der Waals surface area (Å²) in [4.78, 5) is 23.9. The molecule has 9 heteroatoms. The first-order chi connectivity index (χ1) is 19.5. The van der Waals surface area contributed by atoms with E-state index in [0.29, 0.717) is 17.2 Å². The first kappa shape index (κ1) is 32.1. The number of carbonyl (C=O) groups excluding carboxylic acids is 2. The summed E-state index contributed by atoms with van der Waals surface area (Å²) in [6.07, 6.45) is 2.67. The van der Waals surface area contributed by atoms with Crippen molar-refractivity contribution >= 4 is 28.9 Å². The third-order valence-corrected chi connectivity index (χ3v) is 14.2. The highest BCUT2D eigenvalue weighted by Gasteiger charge is 2.32. The van der Waals surface area contributed by atoms with E-state index in [-0.39, 0.29) is 0 Å². The van der Waals surface area contributed by atoms with Crippen LogP contribution in [0.2, 0.25) is 38.3 Å². The molecule has 0 saturated carbocycles. The monoisotopic (exact) mass is 594 g/mol. The molecule has 0 radical (unpaired) electrons. The summed E-state index contributed by atoms with van der Waals surface area (Å²) >= 11 is 0. The predicted molar refractivity (Wildman–Crippen MR) is 167 cm³/mol. The minimum Gasteiger partial charge on any atom is -0.455 e. The molecule has 0 amide bonds. The number of aryl methyl sites for hydroxylation is 1. The van der Waals surface area contributed by atoms with E-state index >= 15 is 0 Å². The van der Waals surface area contributed by atoms with Gasteiger partial charge in [-0.05, 0) is 98.1 Å². The van der Waals surface area contributed by atoms with E-state index in [1.807, 2.05) is 42.5 Å². The Balaban J connectivity index is 1.53. The minimum atomic E-state index is -1.78. The van der Waals surface area contributed by atoms with Crippen molar-refractivity contribution in [1.29, 1.82) is 0 Å². The summed E-state index contributed by atoms with van der Waals surface area (Å²) in [6.45, 7) is 11.5. The molecule has 3 aromatic rings. The van der Waals surface area contributed by atoms with Gasteiger partial charge in [-0.3, -0.25) is 0 Å². The predicted octanol–water partition coefficient (Wildman–Crippen LogP) is 9.24. The molecule has 0 fully saturated rings. The maximum Gasteiger partial charge on any atom is 0.519 e. The van der Waals surface area contributed by atoms with Gasteiger partial charge in [-0.2, -0.15) is 0 Å². The van der Waals surface area contributed by atoms with E-state index in [2.05, 4.69) is 37.8 Å². The lowest BCUT2D eigenvalue weighted by molar-refractivity contribution is 0.121. The molecule has 0 aliphatic heterocycles. The lowest BCUT2D eigenvalue weighted by Gasteiger charge is -2.34. The Morgan fingerprint density at radius 3 is 1.71 bits per heavy atom. The van der Waals surface area contributed by atoms with Crippen molar-refractivity contribution in [2.24, 2.45) is 0 Å². The van der Waals surface area contributed by atoms with E-state index in [1.54, 1.807) is 30.3 Å². The largest absolute Gasteiger partial charge is 0.519 e. The van der Waals surface area contributed by atoms with E-state index in [9.17, 15) is 9.59 Å². The average molecular weight is 595 g/mol. The number of unbranched alkanes of at least 4 members (excludes halogenated alkanes) is 1. The maximum absolute atomic E-state index is 12.6. The summed E-state index contributed by atoms with van der Waals surface area (Å²) in [5.74, 6) is 1.28. The van der Waals surface area contributed by atoms with Crippen LogP contribution in [0.3, 0.4) is 0 Å². The van der Waals surface area contributed by atoms with Crippen molar-refractivity contribution < 1.29 is 32.7 Å². The number of methoxy groups -OCH3 is 1. The minimum absolute atomic E-state index is 0.377. The molecule has 0 bridgehead atoms. The Bertz CT molecular complexity index is 1270. The van der Waals surface area contributed by atoms with Crippen LogP contribution in [0.1, 0.15) is 31.7 Å². The van der Waals surface area contributed by atoms with Crippen LogP contribution in [0, 0.1) is 0 Å². The lowest BCUT2D eigenvalue weighted by Crippen LogP contribution is -2.44. The van der Waals surface area contributed by atoms with Crippen molar-refractivity contribution in [3.05, 3.63) is 78.4 Å². The first-order valence-electron chi connectivity index (χ1n) is 14.1. The van der Waals surface area contributed by atoms with Crippen LogP contribution >= 0.6 is 0 Å². The third kappa shape index (κ3) is 10.8. The Labute approximate surface area is 246 Å². The Morgan fingerprint density at radius 1 is 0.659 bits per heavy atom. The lowest BCUT2D eigenvalue weighted by atomic mass is 10.1. The fourth-order valence-electron chi connectivity index (χ4n) is 4.74. The van der Waals surface area contributed by atoms with Crippen LogP contribution in [0.4, 0.5) is 9.59 Å². The van der Waals surface area contributed by atoms with E-state index in [0.717, 1.165) is 35.6 Å². The summed E-state index contributed by atoms with van der Waals surface area (Å²) < 4.78 is 27.3. The standard InChI is InChI=1S/C32H42O7Si2/c1-7-8-23-40(3,4)39-41(5,6)24-11-13-27-12-9-10-14-30(27)38-32(34)37-29-21-17-26(18-22-29)25-15-19-28(20-16-25)36-31(33)35-2/h9-10,12,14-22H,7-8,11,13,23-24H2,1-6H3. The topological polar surface area (TPSA) is 80.3 Å². The molecule has 0 aliphatic rings. The fourth-order valence-corrected chi connectivity index (χ4v) is 13.8. The molecule has 7 nitrogen and oxygen atoms in total. The molecule has 0 atom stereocenters. The van der Waals surface area contributed by atoms with Gasteiger partial charge in [0, 0.05) is 0 Å². The number of rotatable bonds is 13. The second-order valence-electron chi connectivity index (χ2n) is 11.2. The van der Waals surface area contributed by atoms with Crippen molar-refractivity contribution in [1.82, 2.24) is 0 Å². The molecule has 0 heterocycles. The number of carbonyl (C=O) groups is 2. The second kappa shape index (κ2) is 15.0. The van der Waals surface area contributed by atoms with Gasteiger partial charge in [0.25, 0.3) is 0 Å². The number of hydrogen-bond donors (Lipinski definition) is 0.